The molecule has 0 spiro atoms. The Kier molecular flexibility index (Phi) is 4.85. The van der Waals surface area contributed by atoms with Crippen molar-refractivity contribution in [3.8, 4) is 17.9 Å². The average Bonchev–Trinajstić information content (AvgIpc) is 2.53. The van der Waals surface area contributed by atoms with Gasteiger partial charge in [0, 0.05) is 10.5 Å². The molecule has 0 saturated carbocycles. The Hall–Kier alpha value is -2.20. The first-order valence-electron chi connectivity index (χ1n) is 6.06. The zero-order valence-corrected chi connectivity index (χ0v) is 11.8. The molecule has 20 heavy (non-hydrogen) atoms. The van der Waals surface area contributed by atoms with Gasteiger partial charge in [-0.1, -0.05) is 24.0 Å². The summed E-state index contributed by atoms with van der Waals surface area (Å²) >= 11 is 1.68. The fourth-order valence-corrected chi connectivity index (χ4v) is 2.06. The normalized spacial score (nSPS) is 11.1. The highest BCUT2D eigenvalue weighted by molar-refractivity contribution is 7.98. The standard InChI is InChI=1S/C17H13NOS/c1-20-16-9-4-13(5-10-16)6-11-17(19)15-7-2-14(12-18)3-8-15/h2-5,7-10,17,19H,1H3. The molecule has 0 radical (unpaired) electrons. The van der Waals surface area contributed by atoms with Crippen molar-refractivity contribution in [1.29, 1.82) is 5.26 Å². The predicted octanol–water partition coefficient (Wildman–Crippen LogP) is 3.37. The molecular formula is C17H13NOS. The molecule has 1 N–H and O–H groups in total. The summed E-state index contributed by atoms with van der Waals surface area (Å²) in [5.74, 6) is 5.75. The van der Waals surface area contributed by atoms with E-state index in [1.165, 1.54) is 4.90 Å². The van der Waals surface area contributed by atoms with Crippen LogP contribution in [0.1, 0.15) is 22.8 Å². The summed E-state index contributed by atoms with van der Waals surface area (Å²) in [5.41, 5.74) is 2.13. The molecule has 0 bridgehead atoms. The fraction of sp³-hybridized carbons (Fsp3) is 0.118. The van der Waals surface area contributed by atoms with E-state index < -0.39 is 6.10 Å². The SMILES string of the molecule is CSc1ccc(C#CC(O)c2ccc(C#N)cc2)cc1. The molecule has 98 valence electrons. The molecule has 0 saturated heterocycles. The molecule has 0 aromatic heterocycles. The van der Waals surface area contributed by atoms with Crippen LogP contribution in [0.5, 0.6) is 0 Å². The van der Waals surface area contributed by atoms with Crippen LogP contribution in [-0.2, 0) is 0 Å². The van der Waals surface area contributed by atoms with Crippen molar-refractivity contribution >= 4 is 11.8 Å². The van der Waals surface area contributed by atoms with Gasteiger partial charge in [-0.15, -0.1) is 11.8 Å². The van der Waals surface area contributed by atoms with Gasteiger partial charge in [-0.2, -0.15) is 5.26 Å². The lowest BCUT2D eigenvalue weighted by Gasteiger charge is -2.03. The minimum atomic E-state index is -0.844. The van der Waals surface area contributed by atoms with Crippen molar-refractivity contribution in [3.63, 3.8) is 0 Å². The smallest absolute Gasteiger partial charge is 0.140 e. The van der Waals surface area contributed by atoms with E-state index in [4.69, 9.17) is 5.26 Å². The van der Waals surface area contributed by atoms with Crippen LogP contribution in [0.15, 0.2) is 53.4 Å². The fourth-order valence-electron chi connectivity index (χ4n) is 1.65. The Bertz CT molecular complexity index is 672. The maximum atomic E-state index is 9.99. The van der Waals surface area contributed by atoms with Crippen molar-refractivity contribution in [3.05, 3.63) is 65.2 Å². The second-order valence-corrected chi connectivity index (χ2v) is 5.01. The van der Waals surface area contributed by atoms with Crippen LogP contribution in [0.3, 0.4) is 0 Å². The first-order chi connectivity index (χ1) is 9.72. The number of nitriles is 1. The molecule has 0 heterocycles. The summed E-state index contributed by atoms with van der Waals surface area (Å²) in [4.78, 5) is 1.18. The Morgan fingerprint density at radius 3 is 2.15 bits per heavy atom. The largest absolute Gasteiger partial charge is 0.376 e. The molecule has 2 aromatic carbocycles. The Morgan fingerprint density at radius 1 is 1.00 bits per heavy atom. The van der Waals surface area contributed by atoms with E-state index in [0.29, 0.717) is 11.1 Å². The van der Waals surface area contributed by atoms with Gasteiger partial charge in [-0.05, 0) is 48.2 Å². The van der Waals surface area contributed by atoms with Crippen molar-refractivity contribution < 1.29 is 5.11 Å². The highest BCUT2D eigenvalue weighted by Gasteiger charge is 2.03. The van der Waals surface area contributed by atoms with E-state index in [-0.39, 0.29) is 0 Å². The van der Waals surface area contributed by atoms with E-state index in [0.717, 1.165) is 5.56 Å². The number of rotatable bonds is 2. The number of aliphatic hydroxyl groups is 1. The predicted molar refractivity (Wildman–Crippen MR) is 81.2 cm³/mol. The molecule has 0 aliphatic carbocycles. The zero-order chi connectivity index (χ0) is 14.4. The summed E-state index contributed by atoms with van der Waals surface area (Å²) < 4.78 is 0. The van der Waals surface area contributed by atoms with E-state index >= 15 is 0 Å². The van der Waals surface area contributed by atoms with Crippen molar-refractivity contribution in [2.75, 3.05) is 6.26 Å². The zero-order valence-electron chi connectivity index (χ0n) is 11.0. The minimum absolute atomic E-state index is 0.571. The van der Waals surface area contributed by atoms with Crippen molar-refractivity contribution in [2.24, 2.45) is 0 Å². The number of hydrogen-bond acceptors (Lipinski definition) is 3. The highest BCUT2D eigenvalue weighted by atomic mass is 32.2. The number of nitrogens with zero attached hydrogens (tertiary/aromatic N) is 1. The van der Waals surface area contributed by atoms with Gasteiger partial charge < -0.3 is 5.11 Å². The maximum Gasteiger partial charge on any atom is 0.140 e. The third-order valence-electron chi connectivity index (χ3n) is 2.80. The van der Waals surface area contributed by atoms with Crippen LogP contribution in [-0.4, -0.2) is 11.4 Å². The molecule has 2 aromatic rings. The Morgan fingerprint density at radius 2 is 1.60 bits per heavy atom. The molecule has 3 heteroatoms. The second kappa shape index (κ2) is 6.82. The molecular weight excluding hydrogens is 266 g/mol. The number of hydrogen-bond donors (Lipinski definition) is 1. The summed E-state index contributed by atoms with van der Waals surface area (Å²) in [7, 11) is 0. The van der Waals surface area contributed by atoms with E-state index in [1.54, 1.807) is 36.0 Å². The van der Waals surface area contributed by atoms with Gasteiger partial charge >= 0.3 is 0 Å². The number of aliphatic hydroxyl groups excluding tert-OH is 1. The maximum absolute atomic E-state index is 9.99. The Labute approximate surface area is 123 Å². The summed E-state index contributed by atoms with van der Waals surface area (Å²) in [6.45, 7) is 0. The van der Waals surface area contributed by atoms with Gasteiger partial charge in [0.05, 0.1) is 11.6 Å². The van der Waals surface area contributed by atoms with Crippen molar-refractivity contribution in [1.82, 2.24) is 0 Å². The van der Waals surface area contributed by atoms with Gasteiger partial charge in [0.15, 0.2) is 0 Å². The van der Waals surface area contributed by atoms with Gasteiger partial charge in [-0.3, -0.25) is 0 Å². The van der Waals surface area contributed by atoms with Crippen LogP contribution < -0.4 is 0 Å². The molecule has 1 unspecified atom stereocenters. The number of benzene rings is 2. The third-order valence-corrected chi connectivity index (χ3v) is 3.54. The van der Waals surface area contributed by atoms with Gasteiger partial charge in [0.2, 0.25) is 0 Å². The van der Waals surface area contributed by atoms with E-state index in [2.05, 4.69) is 11.8 Å². The molecule has 2 nitrogen and oxygen atoms in total. The van der Waals surface area contributed by atoms with Crippen LogP contribution in [0.4, 0.5) is 0 Å². The van der Waals surface area contributed by atoms with Crippen LogP contribution >= 0.6 is 11.8 Å². The highest BCUT2D eigenvalue weighted by Crippen LogP contribution is 2.15. The quantitative estimate of drug-likeness (QED) is 0.677. The molecule has 2 rings (SSSR count). The molecule has 0 fully saturated rings. The van der Waals surface area contributed by atoms with Gasteiger partial charge in [-0.25, -0.2) is 0 Å². The molecule has 0 amide bonds. The lowest BCUT2D eigenvalue weighted by molar-refractivity contribution is 0.238. The molecule has 1 atom stereocenters. The van der Waals surface area contributed by atoms with Gasteiger partial charge in [0.25, 0.3) is 0 Å². The summed E-state index contributed by atoms with van der Waals surface area (Å²) in [5, 5.41) is 18.7. The monoisotopic (exact) mass is 279 g/mol. The molecule has 0 aliphatic rings. The average molecular weight is 279 g/mol. The first kappa shape index (κ1) is 14.2. The lowest BCUT2D eigenvalue weighted by Crippen LogP contribution is -1.93. The van der Waals surface area contributed by atoms with E-state index in [9.17, 15) is 5.11 Å². The second-order valence-electron chi connectivity index (χ2n) is 4.13. The van der Waals surface area contributed by atoms with Crippen molar-refractivity contribution in [2.45, 2.75) is 11.0 Å². The van der Waals surface area contributed by atoms with Crippen LogP contribution in [0.2, 0.25) is 0 Å². The van der Waals surface area contributed by atoms with Crippen LogP contribution in [0, 0.1) is 23.2 Å². The van der Waals surface area contributed by atoms with E-state index in [1.807, 2.05) is 36.6 Å². The first-order valence-corrected chi connectivity index (χ1v) is 7.29. The topological polar surface area (TPSA) is 44.0 Å². The Balaban J connectivity index is 2.12. The molecule has 0 aliphatic heterocycles. The minimum Gasteiger partial charge on any atom is -0.376 e. The number of thioether (sulfide) groups is 1. The summed E-state index contributed by atoms with van der Waals surface area (Å²) in [6, 6.07) is 16.7. The summed E-state index contributed by atoms with van der Waals surface area (Å²) in [6.07, 6.45) is 1.18. The van der Waals surface area contributed by atoms with Crippen LogP contribution in [0.25, 0.3) is 0 Å². The lowest BCUT2D eigenvalue weighted by atomic mass is 10.1. The third kappa shape index (κ3) is 3.65. The van der Waals surface area contributed by atoms with Gasteiger partial charge in [0.1, 0.15) is 6.10 Å².